The van der Waals surface area contributed by atoms with Crippen LogP contribution in [0.2, 0.25) is 0 Å². The Labute approximate surface area is 182 Å². The van der Waals surface area contributed by atoms with E-state index in [0.29, 0.717) is 17.2 Å². The summed E-state index contributed by atoms with van der Waals surface area (Å²) in [5, 5.41) is 11.8. The normalized spacial score (nSPS) is 11.6. The highest BCUT2D eigenvalue weighted by atomic mass is 32.1. The largest absolute Gasteiger partial charge is 0.465 e. The molecule has 1 unspecified atom stereocenters. The third-order valence-electron chi connectivity index (χ3n) is 5.01. The maximum Gasteiger partial charge on any atom is 0.338 e. The van der Waals surface area contributed by atoms with Crippen molar-refractivity contribution in [2.75, 3.05) is 12.4 Å². The first-order valence-corrected chi connectivity index (χ1v) is 10.1. The van der Waals surface area contributed by atoms with Gasteiger partial charge in [-0.25, -0.2) is 4.79 Å². The minimum absolute atomic E-state index is 0.0776. The van der Waals surface area contributed by atoms with Gasteiger partial charge in [0.15, 0.2) is 5.11 Å². The quantitative estimate of drug-likeness (QED) is 0.454. The van der Waals surface area contributed by atoms with Gasteiger partial charge in [0.1, 0.15) is 0 Å². The van der Waals surface area contributed by atoms with Gasteiger partial charge < -0.3 is 15.4 Å². The molecule has 6 nitrogen and oxygen atoms in total. The van der Waals surface area contributed by atoms with Gasteiger partial charge in [-0.3, -0.25) is 4.68 Å². The smallest absolute Gasteiger partial charge is 0.338 e. The van der Waals surface area contributed by atoms with Gasteiger partial charge in [0, 0.05) is 0 Å². The Hall–Kier alpha value is -3.19. The molecule has 0 aliphatic heterocycles. The third-order valence-corrected chi connectivity index (χ3v) is 5.23. The highest BCUT2D eigenvalue weighted by Gasteiger charge is 2.17. The summed E-state index contributed by atoms with van der Waals surface area (Å²) in [4.78, 5) is 12.1. The first-order chi connectivity index (χ1) is 14.4. The van der Waals surface area contributed by atoms with Crippen molar-refractivity contribution < 1.29 is 9.53 Å². The molecule has 0 aliphatic carbocycles. The first kappa shape index (κ1) is 21.5. The number of nitrogens with one attached hydrogen (secondary N) is 2. The summed E-state index contributed by atoms with van der Waals surface area (Å²) in [6.45, 7) is 6.43. The van der Waals surface area contributed by atoms with Gasteiger partial charge in [0.2, 0.25) is 0 Å². The molecule has 156 valence electrons. The van der Waals surface area contributed by atoms with Crippen LogP contribution < -0.4 is 10.6 Å². The summed E-state index contributed by atoms with van der Waals surface area (Å²) >= 11 is 5.52. The molecule has 0 saturated carbocycles. The van der Waals surface area contributed by atoms with E-state index in [1.807, 2.05) is 54.9 Å². The van der Waals surface area contributed by atoms with Crippen LogP contribution in [0.1, 0.15) is 45.8 Å². The molecule has 1 aromatic heterocycles. The number of methoxy groups -OCH3 is 1. The lowest BCUT2D eigenvalue weighted by Gasteiger charge is -2.17. The van der Waals surface area contributed by atoms with E-state index in [-0.39, 0.29) is 12.0 Å². The van der Waals surface area contributed by atoms with E-state index in [1.165, 1.54) is 7.11 Å². The van der Waals surface area contributed by atoms with Gasteiger partial charge in [0.05, 0.1) is 42.3 Å². The maximum atomic E-state index is 12.1. The zero-order valence-electron chi connectivity index (χ0n) is 17.6. The monoisotopic (exact) mass is 422 g/mol. The number of hydrogen-bond donors (Lipinski definition) is 2. The van der Waals surface area contributed by atoms with Crippen LogP contribution in [-0.4, -0.2) is 28.0 Å². The number of aromatic nitrogens is 2. The van der Waals surface area contributed by atoms with Crippen molar-refractivity contribution in [1.29, 1.82) is 0 Å². The molecule has 3 aromatic rings. The predicted molar refractivity (Wildman–Crippen MR) is 123 cm³/mol. The Kier molecular flexibility index (Phi) is 6.84. The van der Waals surface area contributed by atoms with Crippen LogP contribution in [0.15, 0.2) is 54.6 Å². The number of anilines is 1. The number of ether oxygens (including phenoxy) is 1. The first-order valence-electron chi connectivity index (χ1n) is 9.73. The van der Waals surface area contributed by atoms with E-state index >= 15 is 0 Å². The van der Waals surface area contributed by atoms with Gasteiger partial charge in [-0.1, -0.05) is 48.5 Å². The lowest BCUT2D eigenvalue weighted by molar-refractivity contribution is 0.0599. The molecule has 0 saturated heterocycles. The Morgan fingerprint density at radius 1 is 1.13 bits per heavy atom. The molecule has 0 radical (unpaired) electrons. The van der Waals surface area contributed by atoms with Crippen molar-refractivity contribution >= 4 is 29.0 Å². The number of carbonyl (C=O) groups excluding carboxylic acids is 1. The van der Waals surface area contributed by atoms with Crippen molar-refractivity contribution in [3.63, 3.8) is 0 Å². The Balaban J connectivity index is 1.75. The molecule has 0 amide bonds. The highest BCUT2D eigenvalue weighted by molar-refractivity contribution is 7.80. The molecular formula is C23H26N4O2S. The molecule has 0 fully saturated rings. The van der Waals surface area contributed by atoms with Crippen LogP contribution in [0.4, 0.5) is 5.69 Å². The minimum atomic E-state index is -0.356. The molecule has 2 aromatic carbocycles. The molecule has 0 spiro atoms. The van der Waals surface area contributed by atoms with Gasteiger partial charge in [0.25, 0.3) is 0 Å². The van der Waals surface area contributed by atoms with Gasteiger partial charge in [-0.15, -0.1) is 0 Å². The van der Waals surface area contributed by atoms with Crippen LogP contribution in [0, 0.1) is 13.8 Å². The van der Waals surface area contributed by atoms with Crippen LogP contribution in [0.25, 0.3) is 0 Å². The fourth-order valence-corrected chi connectivity index (χ4v) is 3.61. The van der Waals surface area contributed by atoms with Crippen molar-refractivity contribution in [2.24, 2.45) is 0 Å². The van der Waals surface area contributed by atoms with Crippen molar-refractivity contribution in [3.05, 3.63) is 82.7 Å². The number of hydrogen-bond acceptors (Lipinski definition) is 4. The molecule has 1 atom stereocenters. The number of nitrogens with zero attached hydrogens (tertiary/aromatic N) is 2. The lowest BCUT2D eigenvalue weighted by Crippen LogP contribution is -2.31. The second-order valence-electron chi connectivity index (χ2n) is 7.08. The number of esters is 1. The highest BCUT2D eigenvalue weighted by Crippen LogP contribution is 2.22. The van der Waals surface area contributed by atoms with E-state index in [2.05, 4.69) is 34.8 Å². The molecular weight excluding hydrogens is 396 g/mol. The summed E-state index contributed by atoms with van der Waals surface area (Å²) in [6.07, 6.45) is 0. The number of aryl methyl sites for hydroxylation is 1. The fraction of sp³-hybridized carbons (Fsp3) is 0.261. The van der Waals surface area contributed by atoms with Crippen LogP contribution in [0.3, 0.4) is 0 Å². The summed E-state index contributed by atoms with van der Waals surface area (Å²) in [5.74, 6) is -0.356. The zero-order valence-corrected chi connectivity index (χ0v) is 18.4. The predicted octanol–water partition coefficient (Wildman–Crippen LogP) is 4.38. The lowest BCUT2D eigenvalue weighted by atomic mass is 10.1. The zero-order chi connectivity index (χ0) is 21.7. The molecule has 0 aliphatic rings. The van der Waals surface area contributed by atoms with Gasteiger partial charge >= 0.3 is 5.97 Å². The van der Waals surface area contributed by atoms with Crippen molar-refractivity contribution in [2.45, 2.75) is 33.4 Å². The van der Waals surface area contributed by atoms with E-state index in [0.717, 1.165) is 28.2 Å². The summed E-state index contributed by atoms with van der Waals surface area (Å²) in [6, 6.07) is 17.6. The second-order valence-corrected chi connectivity index (χ2v) is 7.49. The third kappa shape index (κ3) is 4.86. The standard InChI is InChI=1S/C23H26N4O2S/c1-15(18-10-6-5-7-11-18)24-23(30)25-21-16(2)26-27(17(21)3)14-19-12-8-9-13-20(19)22(28)29-4/h5-13,15H,14H2,1-4H3,(H2,24,25,30). The van der Waals surface area contributed by atoms with E-state index in [1.54, 1.807) is 6.07 Å². The van der Waals surface area contributed by atoms with E-state index < -0.39 is 0 Å². The minimum Gasteiger partial charge on any atom is -0.465 e. The average Bonchev–Trinajstić information content (AvgIpc) is 3.01. The van der Waals surface area contributed by atoms with Crippen molar-refractivity contribution in [3.8, 4) is 0 Å². The molecule has 1 heterocycles. The van der Waals surface area contributed by atoms with Crippen LogP contribution >= 0.6 is 12.2 Å². The second kappa shape index (κ2) is 9.54. The Morgan fingerprint density at radius 2 is 1.80 bits per heavy atom. The number of thiocarbonyl (C=S) groups is 1. The molecule has 30 heavy (non-hydrogen) atoms. The molecule has 2 N–H and O–H groups in total. The Bertz CT molecular complexity index is 1050. The number of benzene rings is 2. The van der Waals surface area contributed by atoms with E-state index in [9.17, 15) is 4.79 Å². The summed E-state index contributed by atoms with van der Waals surface area (Å²) in [5.41, 5.74) is 5.17. The Morgan fingerprint density at radius 3 is 2.50 bits per heavy atom. The SMILES string of the molecule is COC(=O)c1ccccc1Cn1nc(C)c(NC(=S)NC(C)c2ccccc2)c1C. The van der Waals surface area contributed by atoms with Gasteiger partial charge in [-0.05, 0) is 50.2 Å². The van der Waals surface area contributed by atoms with Gasteiger partial charge in [-0.2, -0.15) is 5.10 Å². The summed E-state index contributed by atoms with van der Waals surface area (Å²) in [7, 11) is 1.38. The average molecular weight is 423 g/mol. The molecule has 3 rings (SSSR count). The van der Waals surface area contributed by atoms with Crippen LogP contribution in [-0.2, 0) is 11.3 Å². The molecule has 7 heteroatoms. The summed E-state index contributed by atoms with van der Waals surface area (Å²) < 4.78 is 6.76. The number of carbonyl (C=O) groups is 1. The maximum absolute atomic E-state index is 12.1. The van der Waals surface area contributed by atoms with E-state index in [4.69, 9.17) is 17.0 Å². The number of rotatable bonds is 6. The molecule has 0 bridgehead atoms. The van der Waals surface area contributed by atoms with Crippen LogP contribution in [0.5, 0.6) is 0 Å². The van der Waals surface area contributed by atoms with Crippen molar-refractivity contribution in [1.82, 2.24) is 15.1 Å². The fourth-order valence-electron chi connectivity index (χ4n) is 3.33. The topological polar surface area (TPSA) is 68.2 Å².